The van der Waals surface area contributed by atoms with E-state index in [0.29, 0.717) is 0 Å². The Kier molecular flexibility index (Phi) is 3.58. The van der Waals surface area contributed by atoms with Crippen molar-refractivity contribution in [2.75, 3.05) is 34.8 Å². The molecule has 2 heteroatoms. The second-order valence-electron chi connectivity index (χ2n) is 5.77. The molecule has 0 atom stereocenters. The first-order valence-electron chi connectivity index (χ1n) is 6.36. The Morgan fingerprint density at radius 3 is 2.50 bits per heavy atom. The maximum atomic E-state index is 5.32. The molecule has 2 nitrogen and oxygen atoms in total. The van der Waals surface area contributed by atoms with Gasteiger partial charge in [-0.2, -0.15) is 0 Å². The Balaban J connectivity index is 2.37. The minimum Gasteiger partial charge on any atom is -0.497 e. The Bertz CT molecular complexity index is 540. The molecule has 0 unspecified atom stereocenters. The van der Waals surface area contributed by atoms with Gasteiger partial charge in [0.1, 0.15) is 5.75 Å². The van der Waals surface area contributed by atoms with Gasteiger partial charge < -0.3 is 9.22 Å². The van der Waals surface area contributed by atoms with Crippen LogP contribution in [-0.4, -0.2) is 39.3 Å². The van der Waals surface area contributed by atoms with E-state index in [-0.39, 0.29) is 0 Å². The smallest absolute Gasteiger partial charge is 0.119 e. The van der Waals surface area contributed by atoms with Crippen LogP contribution < -0.4 is 4.74 Å². The largest absolute Gasteiger partial charge is 0.497 e. The number of fused-ring (bicyclic) bond motifs is 1. The van der Waals surface area contributed by atoms with Gasteiger partial charge >= 0.3 is 0 Å². The molecule has 18 heavy (non-hydrogen) atoms. The van der Waals surface area contributed by atoms with E-state index in [1.54, 1.807) is 7.11 Å². The van der Waals surface area contributed by atoms with Gasteiger partial charge in [-0.3, -0.25) is 0 Å². The summed E-state index contributed by atoms with van der Waals surface area (Å²) in [6.07, 6.45) is 1.09. The van der Waals surface area contributed by atoms with Crippen molar-refractivity contribution in [3.8, 4) is 5.75 Å². The normalized spacial score (nSPS) is 11.8. The number of nitrogens with zero attached hydrogens (tertiary/aromatic N) is 1. The van der Waals surface area contributed by atoms with E-state index in [0.717, 1.165) is 23.2 Å². The van der Waals surface area contributed by atoms with Gasteiger partial charge in [0, 0.05) is 6.42 Å². The second-order valence-corrected chi connectivity index (χ2v) is 5.77. The zero-order valence-electron chi connectivity index (χ0n) is 11.7. The summed E-state index contributed by atoms with van der Waals surface area (Å²) in [7, 11) is 8.40. The van der Waals surface area contributed by atoms with Gasteiger partial charge in [-0.15, -0.1) is 0 Å². The minimum absolute atomic E-state index is 0.931. The molecule has 0 heterocycles. The van der Waals surface area contributed by atoms with Crippen molar-refractivity contribution in [1.82, 2.24) is 0 Å². The van der Waals surface area contributed by atoms with Crippen LogP contribution in [0, 0.1) is 0 Å². The standard InChI is InChI=1S/C16H22NO/c1-17(2,3)11-10-14-7-5-6-13-8-9-15(18-4)12-16(13)14/h5-9,12H,10-11H2,1-4H3/q+1. The number of rotatable bonds is 4. The lowest BCUT2D eigenvalue weighted by Gasteiger charge is -2.24. The predicted molar refractivity (Wildman–Crippen MR) is 77.1 cm³/mol. The van der Waals surface area contributed by atoms with E-state index in [1.165, 1.54) is 16.3 Å². The molecule has 0 amide bonds. The zero-order valence-corrected chi connectivity index (χ0v) is 11.7. The summed E-state index contributed by atoms with van der Waals surface area (Å²) in [5, 5.41) is 2.60. The quantitative estimate of drug-likeness (QED) is 0.751. The number of benzene rings is 2. The van der Waals surface area contributed by atoms with Gasteiger partial charge in [0.2, 0.25) is 0 Å². The van der Waals surface area contributed by atoms with Crippen LogP contribution in [0.5, 0.6) is 5.75 Å². The van der Waals surface area contributed by atoms with Crippen LogP contribution in [0.1, 0.15) is 5.56 Å². The fourth-order valence-corrected chi connectivity index (χ4v) is 2.12. The molecule has 2 aromatic carbocycles. The predicted octanol–water partition coefficient (Wildman–Crippen LogP) is 3.10. The average Bonchev–Trinajstić information content (AvgIpc) is 2.34. The van der Waals surface area contributed by atoms with Crippen LogP contribution >= 0.6 is 0 Å². The molecular weight excluding hydrogens is 222 g/mol. The Labute approximate surface area is 109 Å². The van der Waals surface area contributed by atoms with Gasteiger partial charge in [-0.05, 0) is 28.5 Å². The molecule has 2 rings (SSSR count). The van der Waals surface area contributed by atoms with Gasteiger partial charge in [0.25, 0.3) is 0 Å². The highest BCUT2D eigenvalue weighted by Crippen LogP contribution is 2.24. The van der Waals surface area contributed by atoms with E-state index < -0.39 is 0 Å². The van der Waals surface area contributed by atoms with Crippen molar-refractivity contribution in [2.24, 2.45) is 0 Å². The summed E-state index contributed by atoms with van der Waals surface area (Å²) in [6.45, 7) is 1.14. The molecule has 0 aliphatic heterocycles. The summed E-state index contributed by atoms with van der Waals surface area (Å²) in [5.41, 5.74) is 1.40. The van der Waals surface area contributed by atoms with Crippen molar-refractivity contribution in [3.63, 3.8) is 0 Å². The summed E-state index contributed by atoms with van der Waals surface area (Å²) in [4.78, 5) is 0. The van der Waals surface area contributed by atoms with Crippen LogP contribution in [-0.2, 0) is 6.42 Å². The maximum absolute atomic E-state index is 5.32. The molecule has 96 valence electrons. The topological polar surface area (TPSA) is 9.23 Å². The third-order valence-corrected chi connectivity index (χ3v) is 3.23. The molecule has 0 radical (unpaired) electrons. The molecule has 0 saturated carbocycles. The zero-order chi connectivity index (χ0) is 13.2. The van der Waals surface area contributed by atoms with Crippen molar-refractivity contribution in [1.29, 1.82) is 0 Å². The molecule has 0 N–H and O–H groups in total. The third-order valence-electron chi connectivity index (χ3n) is 3.23. The van der Waals surface area contributed by atoms with Crippen LogP contribution in [0.3, 0.4) is 0 Å². The van der Waals surface area contributed by atoms with Crippen molar-refractivity contribution >= 4 is 10.8 Å². The van der Waals surface area contributed by atoms with Crippen LogP contribution in [0.25, 0.3) is 10.8 Å². The highest BCUT2D eigenvalue weighted by atomic mass is 16.5. The summed E-state index contributed by atoms with van der Waals surface area (Å²) < 4.78 is 6.31. The SMILES string of the molecule is COc1ccc2cccc(CC[N+](C)(C)C)c2c1. The van der Waals surface area contributed by atoms with Gasteiger partial charge in [0.05, 0.1) is 34.8 Å². The van der Waals surface area contributed by atoms with E-state index in [4.69, 9.17) is 4.74 Å². The highest BCUT2D eigenvalue weighted by molar-refractivity contribution is 5.87. The third kappa shape index (κ3) is 3.02. The molecule has 0 fully saturated rings. The lowest BCUT2D eigenvalue weighted by molar-refractivity contribution is -0.870. The second kappa shape index (κ2) is 4.99. The van der Waals surface area contributed by atoms with E-state index in [9.17, 15) is 0 Å². The van der Waals surface area contributed by atoms with Crippen molar-refractivity contribution in [2.45, 2.75) is 6.42 Å². The first-order valence-corrected chi connectivity index (χ1v) is 6.36. The molecule has 2 aromatic rings. The monoisotopic (exact) mass is 244 g/mol. The molecule has 0 spiro atoms. The Hall–Kier alpha value is -1.54. The van der Waals surface area contributed by atoms with E-state index in [1.807, 2.05) is 6.07 Å². The number of hydrogen-bond acceptors (Lipinski definition) is 1. The lowest BCUT2D eigenvalue weighted by atomic mass is 10.0. The summed E-state index contributed by atoms with van der Waals surface area (Å²) in [5.74, 6) is 0.931. The average molecular weight is 244 g/mol. The summed E-state index contributed by atoms with van der Waals surface area (Å²) in [6, 6.07) is 12.8. The first-order chi connectivity index (χ1) is 8.49. The van der Waals surface area contributed by atoms with Gasteiger partial charge in [-0.1, -0.05) is 24.3 Å². The fraction of sp³-hybridized carbons (Fsp3) is 0.375. The molecule has 0 bridgehead atoms. The Morgan fingerprint density at radius 1 is 1.06 bits per heavy atom. The molecule has 0 aromatic heterocycles. The fourth-order valence-electron chi connectivity index (χ4n) is 2.12. The van der Waals surface area contributed by atoms with E-state index in [2.05, 4.69) is 51.5 Å². The van der Waals surface area contributed by atoms with Crippen LogP contribution in [0.4, 0.5) is 0 Å². The van der Waals surface area contributed by atoms with Crippen molar-refractivity contribution in [3.05, 3.63) is 42.0 Å². The highest BCUT2D eigenvalue weighted by Gasteiger charge is 2.09. The number of quaternary nitrogens is 1. The van der Waals surface area contributed by atoms with Crippen LogP contribution in [0.2, 0.25) is 0 Å². The number of ether oxygens (including phenoxy) is 1. The number of likely N-dealkylation sites (N-methyl/N-ethyl adjacent to an activating group) is 1. The Morgan fingerprint density at radius 2 is 1.83 bits per heavy atom. The van der Waals surface area contributed by atoms with E-state index >= 15 is 0 Å². The maximum Gasteiger partial charge on any atom is 0.119 e. The first kappa shape index (κ1) is 12.9. The summed E-state index contributed by atoms with van der Waals surface area (Å²) >= 11 is 0. The number of methoxy groups -OCH3 is 1. The number of hydrogen-bond donors (Lipinski definition) is 0. The van der Waals surface area contributed by atoms with Crippen LogP contribution in [0.15, 0.2) is 36.4 Å². The minimum atomic E-state index is 0.931. The van der Waals surface area contributed by atoms with Gasteiger partial charge in [-0.25, -0.2) is 0 Å². The molecule has 0 aliphatic rings. The molecular formula is C16H22NO+. The molecule has 0 aliphatic carbocycles. The molecule has 0 saturated heterocycles. The van der Waals surface area contributed by atoms with Crippen molar-refractivity contribution < 1.29 is 9.22 Å². The van der Waals surface area contributed by atoms with Gasteiger partial charge in [0.15, 0.2) is 0 Å². The lowest BCUT2D eigenvalue weighted by Crippen LogP contribution is -2.36.